The van der Waals surface area contributed by atoms with Crippen molar-refractivity contribution in [2.75, 3.05) is 0 Å². The van der Waals surface area contributed by atoms with Crippen molar-refractivity contribution in [3.8, 4) is 5.69 Å². The second-order valence-corrected chi connectivity index (χ2v) is 10.7. The molecule has 178 valence electrons. The molecule has 0 bridgehead atoms. The van der Waals surface area contributed by atoms with E-state index in [0.717, 1.165) is 0 Å². The van der Waals surface area contributed by atoms with Gasteiger partial charge in [-0.3, -0.25) is 5.32 Å². The third-order valence-corrected chi connectivity index (χ3v) is 8.70. The van der Waals surface area contributed by atoms with Crippen LogP contribution in [0.15, 0.2) is 115 Å². The van der Waals surface area contributed by atoms with Gasteiger partial charge in [0, 0.05) is 31.9 Å². The van der Waals surface area contributed by atoms with E-state index in [4.69, 9.17) is 0 Å². The lowest BCUT2D eigenvalue weighted by molar-refractivity contribution is 0.554. The number of nitrogens with zero attached hydrogens (tertiary/aromatic N) is 1. The van der Waals surface area contributed by atoms with Gasteiger partial charge in [0.15, 0.2) is 0 Å². The zero-order valence-corrected chi connectivity index (χ0v) is 20.8. The lowest BCUT2D eigenvalue weighted by atomic mass is 10.1. The minimum Gasteiger partial charge on any atom is -0.308 e. The molecule has 0 aliphatic carbocycles. The lowest BCUT2D eigenvalue weighted by Crippen LogP contribution is -2.26. The highest BCUT2D eigenvalue weighted by Gasteiger charge is 2.25. The first-order chi connectivity index (χ1) is 18.3. The number of nitrogens with one attached hydrogen (secondary N) is 3. The summed E-state index contributed by atoms with van der Waals surface area (Å²) in [5.74, 6) is 0. The maximum atomic E-state index is 3.65. The second-order valence-electron chi connectivity index (χ2n) is 9.61. The van der Waals surface area contributed by atoms with Crippen LogP contribution >= 0.6 is 11.3 Å². The Morgan fingerprint density at radius 2 is 1.19 bits per heavy atom. The number of benzene rings is 5. The van der Waals surface area contributed by atoms with Crippen molar-refractivity contribution in [2.24, 2.45) is 0 Å². The fourth-order valence-corrected chi connectivity index (χ4v) is 6.98. The summed E-state index contributed by atoms with van der Waals surface area (Å²) in [6, 6.07) is 41.4. The summed E-state index contributed by atoms with van der Waals surface area (Å²) in [6.45, 7) is 0. The highest BCUT2D eigenvalue weighted by molar-refractivity contribution is 7.26. The van der Waals surface area contributed by atoms with E-state index in [-0.39, 0.29) is 12.3 Å². The molecule has 3 heterocycles. The van der Waals surface area contributed by atoms with Crippen LogP contribution in [0.5, 0.6) is 0 Å². The quantitative estimate of drug-likeness (QED) is 0.237. The molecule has 4 nitrogen and oxygen atoms in total. The van der Waals surface area contributed by atoms with Gasteiger partial charge >= 0.3 is 0 Å². The number of hydrogen-bond donors (Lipinski definition) is 3. The van der Waals surface area contributed by atoms with E-state index in [1.807, 2.05) is 17.4 Å². The Morgan fingerprint density at radius 3 is 2.00 bits per heavy atom. The predicted octanol–water partition coefficient (Wildman–Crippen LogP) is 7.55. The van der Waals surface area contributed by atoms with Crippen LogP contribution in [0.3, 0.4) is 0 Å². The third kappa shape index (κ3) is 3.26. The number of rotatable bonds is 3. The topological polar surface area (TPSA) is 41.0 Å². The first kappa shape index (κ1) is 21.1. The SMILES string of the molecule is c1ccc(C2NNC(c3ccc(-n4c5ccccc5c5ccc6c7ccccc7sc6c54)cc3)N2)cc1. The maximum absolute atomic E-state index is 3.65. The van der Waals surface area contributed by atoms with Crippen LogP contribution in [-0.4, -0.2) is 4.57 Å². The molecule has 2 aromatic heterocycles. The second kappa shape index (κ2) is 8.26. The first-order valence-corrected chi connectivity index (χ1v) is 13.4. The summed E-state index contributed by atoms with van der Waals surface area (Å²) in [6.07, 6.45) is 0.108. The van der Waals surface area contributed by atoms with E-state index in [1.54, 1.807) is 0 Å². The molecule has 5 heteroatoms. The van der Waals surface area contributed by atoms with E-state index >= 15 is 0 Å². The molecule has 0 saturated carbocycles. The van der Waals surface area contributed by atoms with Gasteiger partial charge in [-0.25, -0.2) is 10.9 Å². The van der Waals surface area contributed by atoms with Crippen LogP contribution in [-0.2, 0) is 0 Å². The van der Waals surface area contributed by atoms with Crippen LogP contribution in [0.4, 0.5) is 0 Å². The Bertz CT molecular complexity index is 1920. The van der Waals surface area contributed by atoms with E-state index in [1.165, 1.54) is 58.8 Å². The Balaban J connectivity index is 1.26. The fraction of sp³-hybridized carbons (Fsp3) is 0.0625. The van der Waals surface area contributed by atoms with Gasteiger partial charge in [-0.2, -0.15) is 0 Å². The number of para-hydroxylation sites is 1. The Hall–Kier alpha value is -4.00. The smallest absolute Gasteiger partial charge is 0.0978 e. The van der Waals surface area contributed by atoms with Crippen molar-refractivity contribution in [3.05, 3.63) is 126 Å². The average molecular weight is 497 g/mol. The highest BCUT2D eigenvalue weighted by atomic mass is 32.1. The van der Waals surface area contributed by atoms with Crippen molar-refractivity contribution in [3.63, 3.8) is 0 Å². The molecule has 8 rings (SSSR count). The first-order valence-electron chi connectivity index (χ1n) is 12.6. The molecular formula is C32H24N4S. The van der Waals surface area contributed by atoms with Crippen molar-refractivity contribution < 1.29 is 0 Å². The number of aromatic nitrogens is 1. The summed E-state index contributed by atoms with van der Waals surface area (Å²) >= 11 is 1.89. The molecule has 0 spiro atoms. The van der Waals surface area contributed by atoms with Crippen molar-refractivity contribution in [1.82, 2.24) is 20.7 Å². The molecule has 1 fully saturated rings. The zero-order chi connectivity index (χ0) is 24.3. The fourth-order valence-electron chi connectivity index (χ4n) is 5.74. The highest BCUT2D eigenvalue weighted by Crippen LogP contribution is 2.42. The average Bonchev–Trinajstić information content (AvgIpc) is 3.68. The predicted molar refractivity (Wildman–Crippen MR) is 155 cm³/mol. The number of hydrazine groups is 1. The van der Waals surface area contributed by atoms with Gasteiger partial charge in [0.05, 0.1) is 28.1 Å². The Morgan fingerprint density at radius 1 is 0.541 bits per heavy atom. The zero-order valence-electron chi connectivity index (χ0n) is 20.0. The van der Waals surface area contributed by atoms with Gasteiger partial charge in [-0.1, -0.05) is 91.0 Å². The van der Waals surface area contributed by atoms with Crippen LogP contribution < -0.4 is 16.2 Å². The summed E-state index contributed by atoms with van der Waals surface area (Å²) in [5.41, 5.74) is 12.9. The number of hydrogen-bond acceptors (Lipinski definition) is 4. The molecule has 0 amide bonds. The molecule has 5 aromatic carbocycles. The summed E-state index contributed by atoms with van der Waals surface area (Å²) in [4.78, 5) is 0. The molecule has 0 radical (unpaired) electrons. The third-order valence-electron chi connectivity index (χ3n) is 7.50. The molecule has 37 heavy (non-hydrogen) atoms. The van der Waals surface area contributed by atoms with Gasteiger partial charge in [-0.05, 0) is 35.4 Å². The molecule has 1 aliphatic heterocycles. The van der Waals surface area contributed by atoms with Crippen LogP contribution in [0.1, 0.15) is 23.5 Å². The number of fused-ring (bicyclic) bond motifs is 7. The molecule has 7 aromatic rings. The molecule has 1 aliphatic rings. The Kier molecular flexibility index (Phi) is 4.72. The van der Waals surface area contributed by atoms with Crippen molar-refractivity contribution in [1.29, 1.82) is 0 Å². The molecule has 3 N–H and O–H groups in total. The summed E-state index contributed by atoms with van der Waals surface area (Å²) in [7, 11) is 0. The van der Waals surface area contributed by atoms with E-state index < -0.39 is 0 Å². The van der Waals surface area contributed by atoms with Gasteiger partial charge in [-0.15, -0.1) is 11.3 Å². The normalized spacial score (nSPS) is 17.9. The van der Waals surface area contributed by atoms with Crippen LogP contribution in [0.25, 0.3) is 47.7 Å². The monoisotopic (exact) mass is 496 g/mol. The summed E-state index contributed by atoms with van der Waals surface area (Å²) < 4.78 is 5.11. The van der Waals surface area contributed by atoms with Crippen molar-refractivity contribution >= 4 is 53.3 Å². The standard InChI is InChI=1S/C32H24N4S/c1-2-8-20(9-3-1)31-33-32(35-34-31)21-14-16-22(17-15-21)36-27-12-6-4-10-23(27)25-18-19-26-24-11-5-7-13-28(24)37-30(26)29(25)36/h1-19,31-35H. The molecule has 1 saturated heterocycles. The maximum Gasteiger partial charge on any atom is 0.0978 e. The van der Waals surface area contributed by atoms with Crippen molar-refractivity contribution in [2.45, 2.75) is 12.3 Å². The molecule has 2 atom stereocenters. The van der Waals surface area contributed by atoms with Crippen LogP contribution in [0.2, 0.25) is 0 Å². The van der Waals surface area contributed by atoms with Gasteiger partial charge in [0.25, 0.3) is 0 Å². The largest absolute Gasteiger partial charge is 0.308 e. The van der Waals surface area contributed by atoms with Gasteiger partial charge < -0.3 is 4.57 Å². The lowest BCUT2D eigenvalue weighted by Gasteiger charge is -2.14. The molecule has 2 unspecified atom stereocenters. The van der Waals surface area contributed by atoms with E-state index in [9.17, 15) is 0 Å². The minimum absolute atomic E-state index is 0.0340. The Labute approximate surface area is 218 Å². The number of thiophene rings is 1. The van der Waals surface area contributed by atoms with Crippen LogP contribution in [0, 0.1) is 0 Å². The van der Waals surface area contributed by atoms with E-state index in [0.29, 0.717) is 0 Å². The van der Waals surface area contributed by atoms with Gasteiger partial charge in [0.1, 0.15) is 0 Å². The minimum atomic E-state index is 0.0340. The summed E-state index contributed by atoms with van der Waals surface area (Å²) in [5, 5.41) is 8.89. The molecular weight excluding hydrogens is 472 g/mol. The van der Waals surface area contributed by atoms with E-state index in [2.05, 4.69) is 130 Å². The van der Waals surface area contributed by atoms with Gasteiger partial charge in [0.2, 0.25) is 0 Å².